The number of nitrogens with zero attached hydrogens (tertiary/aromatic N) is 3. The van der Waals surface area contributed by atoms with Gasteiger partial charge in [0.15, 0.2) is 0 Å². The van der Waals surface area contributed by atoms with Gasteiger partial charge in [-0.3, -0.25) is 9.69 Å². The summed E-state index contributed by atoms with van der Waals surface area (Å²) >= 11 is 0. The molecule has 160 valence electrons. The number of anilines is 4. The van der Waals surface area contributed by atoms with Gasteiger partial charge in [-0.1, -0.05) is 30.3 Å². The van der Waals surface area contributed by atoms with Gasteiger partial charge in [-0.05, 0) is 42.7 Å². The van der Waals surface area contributed by atoms with Gasteiger partial charge >= 0.3 is 0 Å². The lowest BCUT2D eigenvalue weighted by Crippen LogP contribution is -2.38. The molecule has 0 radical (unpaired) electrons. The van der Waals surface area contributed by atoms with E-state index in [2.05, 4.69) is 61.2 Å². The van der Waals surface area contributed by atoms with E-state index < -0.39 is 0 Å². The number of benzene rings is 2. The average molecular weight is 417 g/mol. The fourth-order valence-corrected chi connectivity index (χ4v) is 3.78. The second-order valence-electron chi connectivity index (χ2n) is 7.85. The summed E-state index contributed by atoms with van der Waals surface area (Å²) in [5.74, 6) is 1.47. The molecule has 7 nitrogen and oxygen atoms in total. The van der Waals surface area contributed by atoms with Crippen molar-refractivity contribution in [2.75, 3.05) is 29.0 Å². The summed E-state index contributed by atoms with van der Waals surface area (Å²) in [5.41, 5.74) is 3.03. The molecule has 3 N–H and O–H groups in total. The SMILES string of the molecule is CC(=O)Nc1ccc(Nc2cc(NC3CCN(Cc4ccccc4)CC3)ncn2)cc1. The number of rotatable bonds is 7. The Kier molecular flexibility index (Phi) is 6.74. The molecule has 1 amide bonds. The minimum Gasteiger partial charge on any atom is -0.367 e. The van der Waals surface area contributed by atoms with Gasteiger partial charge in [0, 0.05) is 50.0 Å². The van der Waals surface area contributed by atoms with Crippen LogP contribution in [0.15, 0.2) is 67.0 Å². The van der Waals surface area contributed by atoms with E-state index in [1.54, 1.807) is 6.33 Å². The first-order chi connectivity index (χ1) is 15.1. The second kappa shape index (κ2) is 10.0. The molecular formula is C24H28N6O. The number of aromatic nitrogens is 2. The van der Waals surface area contributed by atoms with Crippen molar-refractivity contribution >= 4 is 28.9 Å². The third-order valence-corrected chi connectivity index (χ3v) is 5.33. The van der Waals surface area contributed by atoms with Crippen molar-refractivity contribution < 1.29 is 4.79 Å². The van der Waals surface area contributed by atoms with E-state index in [-0.39, 0.29) is 5.91 Å². The molecule has 3 aromatic rings. The van der Waals surface area contributed by atoms with Crippen LogP contribution in [0.4, 0.5) is 23.0 Å². The number of amides is 1. The van der Waals surface area contributed by atoms with E-state index in [0.717, 1.165) is 55.5 Å². The van der Waals surface area contributed by atoms with Crippen LogP contribution in [0.1, 0.15) is 25.3 Å². The zero-order valence-electron chi connectivity index (χ0n) is 17.7. The van der Waals surface area contributed by atoms with Gasteiger partial charge in [-0.25, -0.2) is 9.97 Å². The molecule has 7 heteroatoms. The fraction of sp³-hybridized carbons (Fsp3) is 0.292. The summed E-state index contributed by atoms with van der Waals surface area (Å²) in [5, 5.41) is 9.60. The predicted octanol–water partition coefficient (Wildman–Crippen LogP) is 4.26. The van der Waals surface area contributed by atoms with Gasteiger partial charge in [-0.15, -0.1) is 0 Å². The number of hydrogen-bond donors (Lipinski definition) is 3. The van der Waals surface area contributed by atoms with Crippen LogP contribution < -0.4 is 16.0 Å². The molecule has 1 aliphatic rings. The van der Waals surface area contributed by atoms with Crippen molar-refractivity contribution in [2.45, 2.75) is 32.4 Å². The molecule has 31 heavy (non-hydrogen) atoms. The highest BCUT2D eigenvalue weighted by Crippen LogP contribution is 2.21. The highest BCUT2D eigenvalue weighted by Gasteiger charge is 2.19. The molecule has 4 rings (SSSR count). The second-order valence-corrected chi connectivity index (χ2v) is 7.85. The summed E-state index contributed by atoms with van der Waals surface area (Å²) in [7, 11) is 0. The Labute approximate surface area is 182 Å². The minimum absolute atomic E-state index is 0.0851. The summed E-state index contributed by atoms with van der Waals surface area (Å²) in [6.07, 6.45) is 3.75. The van der Waals surface area contributed by atoms with Gasteiger partial charge in [0.1, 0.15) is 18.0 Å². The molecule has 2 heterocycles. The number of hydrogen-bond acceptors (Lipinski definition) is 6. The fourth-order valence-electron chi connectivity index (χ4n) is 3.78. The lowest BCUT2D eigenvalue weighted by atomic mass is 10.0. The van der Waals surface area contributed by atoms with Crippen molar-refractivity contribution in [3.63, 3.8) is 0 Å². The normalized spacial score (nSPS) is 14.7. The first kappa shape index (κ1) is 20.8. The first-order valence-electron chi connectivity index (χ1n) is 10.6. The molecule has 0 atom stereocenters. The smallest absolute Gasteiger partial charge is 0.221 e. The van der Waals surface area contributed by atoms with Gasteiger partial charge in [-0.2, -0.15) is 0 Å². The van der Waals surface area contributed by atoms with E-state index in [1.165, 1.54) is 12.5 Å². The standard InChI is InChI=1S/C24H28N6O/c1-18(31)27-20-7-9-21(10-8-20)28-23-15-24(26-17-25-23)29-22-11-13-30(14-12-22)16-19-5-3-2-4-6-19/h2-10,15,17,22H,11-14,16H2,1H3,(H,27,31)(H2,25,26,28,29). The van der Waals surface area contributed by atoms with E-state index in [1.807, 2.05) is 30.3 Å². The van der Waals surface area contributed by atoms with Crippen LogP contribution in [0.25, 0.3) is 0 Å². The molecule has 1 aliphatic heterocycles. The maximum Gasteiger partial charge on any atom is 0.221 e. The van der Waals surface area contributed by atoms with Crippen molar-refractivity contribution in [3.05, 3.63) is 72.6 Å². The Morgan fingerprint density at radius 2 is 1.65 bits per heavy atom. The molecule has 0 spiro atoms. The Morgan fingerprint density at radius 1 is 0.968 bits per heavy atom. The molecular weight excluding hydrogens is 388 g/mol. The lowest BCUT2D eigenvalue weighted by Gasteiger charge is -2.32. The average Bonchev–Trinajstić information content (AvgIpc) is 2.77. The van der Waals surface area contributed by atoms with Gasteiger partial charge in [0.2, 0.25) is 5.91 Å². The van der Waals surface area contributed by atoms with Crippen LogP contribution in [0.3, 0.4) is 0 Å². The molecule has 0 unspecified atom stereocenters. The Bertz CT molecular complexity index is 984. The van der Waals surface area contributed by atoms with Crippen LogP contribution in [0.5, 0.6) is 0 Å². The van der Waals surface area contributed by atoms with E-state index in [4.69, 9.17) is 0 Å². The summed E-state index contributed by atoms with van der Waals surface area (Å²) in [6.45, 7) is 4.65. The van der Waals surface area contributed by atoms with Crippen LogP contribution in [0, 0.1) is 0 Å². The highest BCUT2D eigenvalue weighted by atomic mass is 16.1. The molecule has 1 fully saturated rings. The minimum atomic E-state index is -0.0851. The maximum absolute atomic E-state index is 11.1. The summed E-state index contributed by atoms with van der Waals surface area (Å²) in [6, 6.07) is 20.5. The Morgan fingerprint density at radius 3 is 2.35 bits per heavy atom. The van der Waals surface area contributed by atoms with Crippen molar-refractivity contribution in [3.8, 4) is 0 Å². The largest absolute Gasteiger partial charge is 0.367 e. The van der Waals surface area contributed by atoms with Crippen molar-refractivity contribution in [1.29, 1.82) is 0 Å². The molecule has 1 aromatic heterocycles. The zero-order valence-corrected chi connectivity index (χ0v) is 17.7. The van der Waals surface area contributed by atoms with Crippen LogP contribution >= 0.6 is 0 Å². The van der Waals surface area contributed by atoms with Gasteiger partial charge < -0.3 is 16.0 Å². The van der Waals surface area contributed by atoms with E-state index in [9.17, 15) is 4.79 Å². The number of likely N-dealkylation sites (tertiary alicyclic amines) is 1. The van der Waals surface area contributed by atoms with E-state index in [0.29, 0.717) is 6.04 Å². The summed E-state index contributed by atoms with van der Waals surface area (Å²) in [4.78, 5) is 22.3. The van der Waals surface area contributed by atoms with Gasteiger partial charge in [0.25, 0.3) is 0 Å². The van der Waals surface area contributed by atoms with Crippen molar-refractivity contribution in [1.82, 2.24) is 14.9 Å². The van der Waals surface area contributed by atoms with Crippen LogP contribution in [-0.2, 0) is 11.3 Å². The topological polar surface area (TPSA) is 82.2 Å². The summed E-state index contributed by atoms with van der Waals surface area (Å²) < 4.78 is 0. The third-order valence-electron chi connectivity index (χ3n) is 5.33. The molecule has 0 aliphatic carbocycles. The highest BCUT2D eigenvalue weighted by molar-refractivity contribution is 5.88. The Balaban J connectivity index is 1.28. The molecule has 1 saturated heterocycles. The van der Waals surface area contributed by atoms with E-state index >= 15 is 0 Å². The monoisotopic (exact) mass is 416 g/mol. The first-order valence-corrected chi connectivity index (χ1v) is 10.6. The molecule has 2 aromatic carbocycles. The molecule has 0 bridgehead atoms. The lowest BCUT2D eigenvalue weighted by molar-refractivity contribution is -0.114. The number of nitrogens with one attached hydrogen (secondary N) is 3. The number of piperidine rings is 1. The Hall–Kier alpha value is -3.45. The number of carbonyl (C=O) groups excluding carboxylic acids is 1. The van der Waals surface area contributed by atoms with Gasteiger partial charge in [0.05, 0.1) is 0 Å². The predicted molar refractivity (Wildman–Crippen MR) is 124 cm³/mol. The molecule has 0 saturated carbocycles. The van der Waals surface area contributed by atoms with Crippen LogP contribution in [-0.4, -0.2) is 39.9 Å². The van der Waals surface area contributed by atoms with Crippen LogP contribution in [0.2, 0.25) is 0 Å². The third kappa shape index (κ3) is 6.26. The number of carbonyl (C=O) groups is 1. The van der Waals surface area contributed by atoms with Crippen molar-refractivity contribution in [2.24, 2.45) is 0 Å². The maximum atomic E-state index is 11.1. The zero-order chi connectivity index (χ0) is 21.5. The quantitative estimate of drug-likeness (QED) is 0.534.